The molecule has 1 heterocycles. The number of hydrogen-bond acceptors (Lipinski definition) is 2. The third kappa shape index (κ3) is 3.65. The minimum atomic E-state index is -0.188. The van der Waals surface area contributed by atoms with Gasteiger partial charge in [0.2, 0.25) is 0 Å². The number of rotatable bonds is 5. The van der Waals surface area contributed by atoms with Crippen LogP contribution in [0.4, 0.5) is 4.39 Å². The van der Waals surface area contributed by atoms with E-state index in [1.807, 2.05) is 16.8 Å². The second kappa shape index (κ2) is 6.11. The van der Waals surface area contributed by atoms with Crippen LogP contribution in [0.1, 0.15) is 12.5 Å². The third-order valence-electron chi connectivity index (χ3n) is 2.70. The van der Waals surface area contributed by atoms with E-state index in [1.54, 1.807) is 18.6 Å². The van der Waals surface area contributed by atoms with Gasteiger partial charge in [-0.3, -0.25) is 0 Å². The van der Waals surface area contributed by atoms with Crippen LogP contribution in [0.15, 0.2) is 41.4 Å². The Morgan fingerprint density at radius 3 is 3.00 bits per heavy atom. The summed E-state index contributed by atoms with van der Waals surface area (Å²) < 4.78 is 16.3. The molecule has 1 aromatic carbocycles. The monoisotopic (exact) mass is 311 g/mol. The maximum Gasteiger partial charge on any atom is 0.128 e. The van der Waals surface area contributed by atoms with E-state index in [9.17, 15) is 4.39 Å². The molecule has 0 aliphatic rings. The Kier molecular flexibility index (Phi) is 4.49. The van der Waals surface area contributed by atoms with Crippen molar-refractivity contribution < 1.29 is 4.39 Å². The smallest absolute Gasteiger partial charge is 0.128 e. The first-order valence-corrected chi connectivity index (χ1v) is 6.57. The van der Waals surface area contributed by atoms with Gasteiger partial charge in [0.05, 0.1) is 6.33 Å². The Morgan fingerprint density at radius 2 is 2.33 bits per heavy atom. The van der Waals surface area contributed by atoms with Crippen molar-refractivity contribution in [1.82, 2.24) is 14.9 Å². The van der Waals surface area contributed by atoms with Crippen LogP contribution in [-0.2, 0) is 13.1 Å². The Labute approximate surface area is 114 Å². The normalized spacial score (nSPS) is 12.6. The maximum absolute atomic E-state index is 13.6. The van der Waals surface area contributed by atoms with E-state index in [4.69, 9.17) is 0 Å². The second-order valence-electron chi connectivity index (χ2n) is 4.28. The molecular formula is C13H15BrFN3. The van der Waals surface area contributed by atoms with Crippen molar-refractivity contribution in [3.05, 3.63) is 52.8 Å². The lowest BCUT2D eigenvalue weighted by molar-refractivity contribution is 0.468. The first-order valence-electron chi connectivity index (χ1n) is 5.78. The van der Waals surface area contributed by atoms with Crippen molar-refractivity contribution in [2.45, 2.75) is 26.1 Å². The molecule has 1 atom stereocenters. The molecule has 18 heavy (non-hydrogen) atoms. The highest BCUT2D eigenvalue weighted by molar-refractivity contribution is 9.10. The van der Waals surface area contributed by atoms with Crippen LogP contribution in [0.2, 0.25) is 0 Å². The van der Waals surface area contributed by atoms with E-state index in [0.717, 1.165) is 11.0 Å². The molecule has 96 valence electrons. The van der Waals surface area contributed by atoms with E-state index in [0.29, 0.717) is 12.1 Å². The van der Waals surface area contributed by atoms with Gasteiger partial charge in [0.25, 0.3) is 0 Å². The van der Waals surface area contributed by atoms with E-state index in [1.165, 1.54) is 6.07 Å². The first-order chi connectivity index (χ1) is 8.65. The van der Waals surface area contributed by atoms with Gasteiger partial charge < -0.3 is 9.88 Å². The molecule has 1 aromatic heterocycles. The zero-order chi connectivity index (χ0) is 13.0. The van der Waals surface area contributed by atoms with Crippen molar-refractivity contribution in [3.63, 3.8) is 0 Å². The Balaban J connectivity index is 1.87. The molecule has 3 nitrogen and oxygen atoms in total. The van der Waals surface area contributed by atoms with Gasteiger partial charge in [0.1, 0.15) is 5.82 Å². The fourth-order valence-electron chi connectivity index (χ4n) is 1.72. The largest absolute Gasteiger partial charge is 0.336 e. The van der Waals surface area contributed by atoms with Gasteiger partial charge in [-0.1, -0.05) is 22.0 Å². The summed E-state index contributed by atoms with van der Waals surface area (Å²) in [5.41, 5.74) is 0.677. The molecule has 0 aliphatic carbocycles. The predicted octanol–water partition coefficient (Wildman–Crippen LogP) is 2.96. The van der Waals surface area contributed by atoms with Crippen LogP contribution in [-0.4, -0.2) is 15.6 Å². The van der Waals surface area contributed by atoms with Crippen molar-refractivity contribution in [2.24, 2.45) is 0 Å². The molecule has 5 heteroatoms. The number of aromatic nitrogens is 2. The molecule has 0 saturated carbocycles. The molecule has 0 unspecified atom stereocenters. The third-order valence-corrected chi connectivity index (χ3v) is 3.19. The summed E-state index contributed by atoms with van der Waals surface area (Å²) in [6.07, 6.45) is 5.44. The molecule has 0 radical (unpaired) electrons. The molecule has 1 N–H and O–H groups in total. The number of nitrogens with one attached hydrogen (secondary N) is 1. The van der Waals surface area contributed by atoms with Gasteiger partial charge in [-0.05, 0) is 19.1 Å². The molecule has 0 saturated heterocycles. The molecule has 2 rings (SSSR count). The molecule has 0 spiro atoms. The second-order valence-corrected chi connectivity index (χ2v) is 5.19. The lowest BCUT2D eigenvalue weighted by Crippen LogP contribution is -2.29. The van der Waals surface area contributed by atoms with Gasteiger partial charge >= 0.3 is 0 Å². The zero-order valence-corrected chi connectivity index (χ0v) is 11.7. The van der Waals surface area contributed by atoms with Gasteiger partial charge in [-0.2, -0.15) is 0 Å². The molecule has 2 aromatic rings. The summed E-state index contributed by atoms with van der Waals surface area (Å²) in [5.74, 6) is -0.188. The zero-order valence-electron chi connectivity index (χ0n) is 10.1. The maximum atomic E-state index is 13.6. The number of nitrogens with zero attached hydrogens (tertiary/aromatic N) is 2. The fourth-order valence-corrected chi connectivity index (χ4v) is 2.06. The van der Waals surface area contributed by atoms with Crippen LogP contribution >= 0.6 is 15.9 Å². The lowest BCUT2D eigenvalue weighted by atomic mass is 10.2. The average Bonchev–Trinajstić information content (AvgIpc) is 2.80. The predicted molar refractivity (Wildman–Crippen MR) is 72.6 cm³/mol. The van der Waals surface area contributed by atoms with E-state index < -0.39 is 0 Å². The van der Waals surface area contributed by atoms with Crippen molar-refractivity contribution in [3.8, 4) is 0 Å². The van der Waals surface area contributed by atoms with Crippen molar-refractivity contribution >= 4 is 15.9 Å². The summed E-state index contributed by atoms with van der Waals surface area (Å²) >= 11 is 3.25. The highest BCUT2D eigenvalue weighted by Crippen LogP contribution is 2.15. The summed E-state index contributed by atoms with van der Waals surface area (Å²) in [6.45, 7) is 3.41. The van der Waals surface area contributed by atoms with Crippen molar-refractivity contribution in [2.75, 3.05) is 0 Å². The lowest BCUT2D eigenvalue weighted by Gasteiger charge is -2.14. The van der Waals surface area contributed by atoms with Gasteiger partial charge in [0, 0.05) is 41.6 Å². The Morgan fingerprint density at radius 1 is 1.50 bits per heavy atom. The van der Waals surface area contributed by atoms with Crippen LogP contribution in [0.25, 0.3) is 0 Å². The summed E-state index contributed by atoms with van der Waals surface area (Å²) in [7, 11) is 0. The number of hydrogen-bond donors (Lipinski definition) is 1. The Bertz CT molecular complexity index is 499. The van der Waals surface area contributed by atoms with E-state index in [-0.39, 0.29) is 11.9 Å². The average molecular weight is 312 g/mol. The minimum Gasteiger partial charge on any atom is -0.336 e. The summed E-state index contributed by atoms with van der Waals surface area (Å²) in [5, 5.41) is 3.29. The number of benzene rings is 1. The highest BCUT2D eigenvalue weighted by Gasteiger charge is 2.06. The first kappa shape index (κ1) is 13.2. The van der Waals surface area contributed by atoms with Crippen LogP contribution in [0, 0.1) is 5.82 Å². The number of imidazole rings is 1. The molecule has 0 bridgehead atoms. The molecule has 0 amide bonds. The van der Waals surface area contributed by atoms with E-state index in [2.05, 4.69) is 33.2 Å². The van der Waals surface area contributed by atoms with Crippen LogP contribution in [0.5, 0.6) is 0 Å². The highest BCUT2D eigenvalue weighted by atomic mass is 79.9. The van der Waals surface area contributed by atoms with Crippen LogP contribution < -0.4 is 5.32 Å². The van der Waals surface area contributed by atoms with Gasteiger partial charge in [-0.25, -0.2) is 9.37 Å². The topological polar surface area (TPSA) is 29.9 Å². The molecular weight excluding hydrogens is 297 g/mol. The molecule has 0 fully saturated rings. The van der Waals surface area contributed by atoms with E-state index >= 15 is 0 Å². The summed E-state index contributed by atoms with van der Waals surface area (Å²) in [6, 6.07) is 5.37. The van der Waals surface area contributed by atoms with Gasteiger partial charge in [0.15, 0.2) is 0 Å². The Hall–Kier alpha value is -1.20. The van der Waals surface area contributed by atoms with Crippen molar-refractivity contribution in [1.29, 1.82) is 0 Å². The molecule has 0 aliphatic heterocycles. The quantitative estimate of drug-likeness (QED) is 0.920. The fraction of sp³-hybridized carbons (Fsp3) is 0.308. The summed E-state index contributed by atoms with van der Waals surface area (Å²) in [4.78, 5) is 3.99. The SMILES string of the molecule is C[C@H](Cn1ccnc1)NCc1ccc(Br)cc1F. The minimum absolute atomic E-state index is 0.188. The number of halogens is 2. The van der Waals surface area contributed by atoms with Crippen LogP contribution in [0.3, 0.4) is 0 Å². The standard InChI is InChI=1S/C13H15BrFN3/c1-10(8-18-5-4-16-9-18)17-7-11-2-3-12(14)6-13(11)15/h2-6,9-10,17H,7-8H2,1H3/t10-/m1/s1. The van der Waals surface area contributed by atoms with Gasteiger partial charge in [-0.15, -0.1) is 0 Å².